The molecule has 2 heterocycles. The number of aromatic amines is 2. The highest BCUT2D eigenvalue weighted by atomic mass is 35.5. The number of benzene rings is 2. The van der Waals surface area contributed by atoms with Gasteiger partial charge in [-0.05, 0) is 30.3 Å². The van der Waals surface area contributed by atoms with Gasteiger partial charge in [-0.1, -0.05) is 23.7 Å². The number of methoxy groups -OCH3 is 1. The van der Waals surface area contributed by atoms with Crippen molar-refractivity contribution in [2.75, 3.05) is 7.11 Å². The van der Waals surface area contributed by atoms with Crippen molar-refractivity contribution in [3.8, 4) is 11.4 Å². The Morgan fingerprint density at radius 3 is 2.62 bits per heavy atom. The van der Waals surface area contributed by atoms with Crippen molar-refractivity contribution in [1.82, 2.24) is 14.8 Å². The van der Waals surface area contributed by atoms with Crippen LogP contribution in [0.2, 0.25) is 5.02 Å². The molecule has 7 nitrogen and oxygen atoms in total. The third-order valence-corrected chi connectivity index (χ3v) is 4.38. The molecule has 4 aromatic rings. The van der Waals surface area contributed by atoms with E-state index in [9.17, 15) is 14.4 Å². The second-order valence-electron chi connectivity index (χ2n) is 5.65. The molecule has 0 radical (unpaired) electrons. The maximum atomic E-state index is 13.0. The molecule has 2 N–H and O–H groups in total. The van der Waals surface area contributed by atoms with Gasteiger partial charge in [-0.15, -0.1) is 0 Å². The molecule has 0 spiro atoms. The molecule has 0 aliphatic carbocycles. The predicted octanol–water partition coefficient (Wildman–Crippen LogP) is 2.18. The Labute approximate surface area is 150 Å². The number of halogens is 1. The number of para-hydroxylation sites is 2. The first-order chi connectivity index (χ1) is 12.5. The van der Waals surface area contributed by atoms with E-state index in [1.807, 2.05) is 0 Å². The highest BCUT2D eigenvalue weighted by molar-refractivity contribution is 6.31. The molecule has 26 heavy (non-hydrogen) atoms. The normalized spacial score (nSPS) is 11.2. The second-order valence-corrected chi connectivity index (χ2v) is 6.08. The Balaban J connectivity index is 2.19. The largest absolute Gasteiger partial charge is 0.494 e. The number of aromatic nitrogens is 3. The SMILES string of the molecule is COc1ccccc1-n1[nH]c(=O)c2c(=O)c3ccc(Cl)cc3[nH]c2c1=O. The average molecular weight is 370 g/mol. The number of ether oxygens (including phenoxy) is 1. The summed E-state index contributed by atoms with van der Waals surface area (Å²) in [6.45, 7) is 0. The molecule has 0 aliphatic rings. The minimum Gasteiger partial charge on any atom is -0.494 e. The topological polar surface area (TPSA) is 96.9 Å². The third-order valence-electron chi connectivity index (χ3n) is 4.15. The lowest BCUT2D eigenvalue weighted by Gasteiger charge is -2.11. The van der Waals surface area contributed by atoms with Crippen molar-refractivity contribution >= 4 is 33.4 Å². The molecule has 0 bridgehead atoms. The van der Waals surface area contributed by atoms with Gasteiger partial charge in [0.25, 0.3) is 11.1 Å². The molecule has 130 valence electrons. The molecule has 0 saturated carbocycles. The molecule has 2 aromatic heterocycles. The van der Waals surface area contributed by atoms with E-state index in [1.165, 1.54) is 19.2 Å². The maximum absolute atomic E-state index is 13.0. The van der Waals surface area contributed by atoms with Crippen LogP contribution < -0.4 is 21.3 Å². The van der Waals surface area contributed by atoms with Gasteiger partial charge in [0.15, 0.2) is 0 Å². The summed E-state index contributed by atoms with van der Waals surface area (Å²) in [6, 6.07) is 11.3. The zero-order chi connectivity index (χ0) is 18.4. The quantitative estimate of drug-likeness (QED) is 0.529. The van der Waals surface area contributed by atoms with Crippen LogP contribution in [0.3, 0.4) is 0 Å². The fraction of sp³-hybridized carbons (Fsp3) is 0.0556. The summed E-state index contributed by atoms with van der Waals surface area (Å²) >= 11 is 5.97. The lowest BCUT2D eigenvalue weighted by molar-refractivity contribution is 0.411. The first-order valence-electron chi connectivity index (χ1n) is 7.65. The summed E-state index contributed by atoms with van der Waals surface area (Å²) in [5.41, 5.74) is -1.16. The van der Waals surface area contributed by atoms with Crippen molar-refractivity contribution in [3.63, 3.8) is 0 Å². The molecule has 0 aliphatic heterocycles. The van der Waals surface area contributed by atoms with Gasteiger partial charge in [-0.3, -0.25) is 19.5 Å². The fourth-order valence-electron chi connectivity index (χ4n) is 2.94. The third kappa shape index (κ3) is 2.33. The molecule has 0 unspecified atom stereocenters. The van der Waals surface area contributed by atoms with Crippen molar-refractivity contribution < 1.29 is 4.74 Å². The van der Waals surface area contributed by atoms with Crippen LogP contribution >= 0.6 is 11.6 Å². The Morgan fingerprint density at radius 1 is 1.08 bits per heavy atom. The number of rotatable bonds is 2. The smallest absolute Gasteiger partial charge is 0.294 e. The molecule has 2 aromatic carbocycles. The maximum Gasteiger partial charge on any atom is 0.294 e. The lowest BCUT2D eigenvalue weighted by Crippen LogP contribution is -2.32. The first-order valence-corrected chi connectivity index (χ1v) is 8.03. The van der Waals surface area contributed by atoms with Crippen LogP contribution in [-0.2, 0) is 0 Å². The summed E-state index contributed by atoms with van der Waals surface area (Å²) in [7, 11) is 1.46. The van der Waals surface area contributed by atoms with E-state index in [4.69, 9.17) is 16.3 Å². The van der Waals surface area contributed by atoms with Crippen LogP contribution in [0.25, 0.3) is 27.5 Å². The van der Waals surface area contributed by atoms with E-state index in [2.05, 4.69) is 10.1 Å². The van der Waals surface area contributed by atoms with Crippen molar-refractivity contribution in [1.29, 1.82) is 0 Å². The molecule has 0 saturated heterocycles. The monoisotopic (exact) mass is 369 g/mol. The first kappa shape index (κ1) is 16.2. The number of nitrogens with zero attached hydrogens (tertiary/aromatic N) is 1. The Morgan fingerprint density at radius 2 is 1.85 bits per heavy atom. The van der Waals surface area contributed by atoms with Crippen LogP contribution in [0.5, 0.6) is 5.75 Å². The number of hydrogen-bond donors (Lipinski definition) is 2. The van der Waals surface area contributed by atoms with Gasteiger partial charge in [-0.25, -0.2) is 4.68 Å². The van der Waals surface area contributed by atoms with E-state index in [0.29, 0.717) is 22.0 Å². The van der Waals surface area contributed by atoms with Crippen LogP contribution in [0.1, 0.15) is 0 Å². The van der Waals surface area contributed by atoms with Gasteiger partial charge >= 0.3 is 0 Å². The van der Waals surface area contributed by atoms with Gasteiger partial charge in [0.2, 0.25) is 5.43 Å². The summed E-state index contributed by atoms with van der Waals surface area (Å²) < 4.78 is 6.30. The van der Waals surface area contributed by atoms with Gasteiger partial charge in [-0.2, -0.15) is 0 Å². The summed E-state index contributed by atoms with van der Waals surface area (Å²) in [6.07, 6.45) is 0. The van der Waals surface area contributed by atoms with E-state index >= 15 is 0 Å². The fourth-order valence-corrected chi connectivity index (χ4v) is 3.12. The molecule has 0 fully saturated rings. The average Bonchev–Trinajstić information content (AvgIpc) is 2.64. The summed E-state index contributed by atoms with van der Waals surface area (Å²) in [5, 5.41) is 2.91. The standard InChI is InChI=1S/C18H12ClN3O4/c1-26-13-5-3-2-4-12(13)22-18(25)15-14(17(24)21-22)16(23)10-7-6-9(19)8-11(10)20-15/h2-8H,1H3,(H,20,23)(H,21,24). The van der Waals surface area contributed by atoms with E-state index in [-0.39, 0.29) is 16.3 Å². The molecule has 0 amide bonds. The zero-order valence-electron chi connectivity index (χ0n) is 13.5. The van der Waals surface area contributed by atoms with Gasteiger partial charge in [0.05, 0.1) is 12.6 Å². The summed E-state index contributed by atoms with van der Waals surface area (Å²) in [5.74, 6) is 0.399. The number of hydrogen-bond acceptors (Lipinski definition) is 4. The highest BCUT2D eigenvalue weighted by Crippen LogP contribution is 2.20. The van der Waals surface area contributed by atoms with Crippen LogP contribution in [0, 0.1) is 0 Å². The Kier molecular flexibility index (Phi) is 3.66. The van der Waals surface area contributed by atoms with Gasteiger partial charge in [0, 0.05) is 10.4 Å². The van der Waals surface area contributed by atoms with Crippen molar-refractivity contribution in [3.05, 3.63) is 78.4 Å². The second kappa shape index (κ2) is 5.89. The number of nitrogens with one attached hydrogen (secondary N) is 2. The van der Waals surface area contributed by atoms with Gasteiger partial charge in [0.1, 0.15) is 22.3 Å². The number of H-pyrrole nitrogens is 2. The number of fused-ring (bicyclic) bond motifs is 2. The molecule has 8 heteroatoms. The van der Waals surface area contributed by atoms with Crippen LogP contribution in [0.4, 0.5) is 0 Å². The number of pyridine rings is 1. The summed E-state index contributed by atoms with van der Waals surface area (Å²) in [4.78, 5) is 41.1. The van der Waals surface area contributed by atoms with E-state index in [1.54, 1.807) is 30.3 Å². The zero-order valence-corrected chi connectivity index (χ0v) is 14.3. The van der Waals surface area contributed by atoms with Crippen LogP contribution in [0.15, 0.2) is 56.8 Å². The van der Waals surface area contributed by atoms with Gasteiger partial charge < -0.3 is 9.72 Å². The van der Waals surface area contributed by atoms with Crippen LogP contribution in [-0.4, -0.2) is 21.9 Å². The molecule has 0 atom stereocenters. The molecule has 4 rings (SSSR count). The van der Waals surface area contributed by atoms with Crippen molar-refractivity contribution in [2.45, 2.75) is 0 Å². The van der Waals surface area contributed by atoms with E-state index < -0.39 is 16.5 Å². The minimum atomic E-state index is -0.677. The minimum absolute atomic E-state index is 0.0978. The van der Waals surface area contributed by atoms with E-state index in [0.717, 1.165) is 4.68 Å². The lowest BCUT2D eigenvalue weighted by atomic mass is 10.1. The Hall–Kier alpha value is -3.32. The Bertz CT molecular complexity index is 1350. The van der Waals surface area contributed by atoms with Crippen molar-refractivity contribution in [2.24, 2.45) is 0 Å². The predicted molar refractivity (Wildman–Crippen MR) is 99.9 cm³/mol. The molecular weight excluding hydrogens is 358 g/mol. The highest BCUT2D eigenvalue weighted by Gasteiger charge is 2.16. The molecular formula is C18H12ClN3O4.